The molecule has 3 aliphatic rings. The Morgan fingerprint density at radius 1 is 0.622 bits per heavy atom. The van der Waals surface area contributed by atoms with Crippen LogP contribution in [0.25, 0.3) is 32.7 Å². The van der Waals surface area contributed by atoms with Gasteiger partial charge in [0.1, 0.15) is 11.5 Å². The van der Waals surface area contributed by atoms with Crippen LogP contribution in [0.4, 0.5) is 4.39 Å². The molecule has 4 aromatic carbocycles. The van der Waals surface area contributed by atoms with E-state index in [4.69, 9.17) is 9.47 Å². The third kappa shape index (κ3) is 4.51. The molecule has 37 heavy (non-hydrogen) atoms. The molecule has 2 nitrogen and oxygen atoms in total. The number of fused-ring (bicyclic) bond motifs is 7. The van der Waals surface area contributed by atoms with Gasteiger partial charge in [0.05, 0.1) is 5.92 Å². The van der Waals surface area contributed by atoms with Crippen LogP contribution in [0.3, 0.4) is 0 Å². The van der Waals surface area contributed by atoms with E-state index in [0.717, 1.165) is 64.3 Å². The van der Waals surface area contributed by atoms with Crippen molar-refractivity contribution in [3.05, 3.63) is 79.2 Å². The Morgan fingerprint density at radius 2 is 1.11 bits per heavy atom. The Morgan fingerprint density at radius 3 is 1.65 bits per heavy atom. The van der Waals surface area contributed by atoms with E-state index in [2.05, 4.69) is 30.7 Å². The van der Waals surface area contributed by atoms with Crippen LogP contribution in [0.5, 0.6) is 11.5 Å². The fraction of sp³-hybridized carbons (Fsp3) is 0.364. The van der Waals surface area contributed by atoms with Crippen molar-refractivity contribution < 1.29 is 46.6 Å². The number of ether oxygens (including phenoxy) is 2. The number of hydrogen-bond acceptors (Lipinski definition) is 2. The Bertz CT molecular complexity index is 1330. The normalized spacial score (nSPS) is 23.2. The van der Waals surface area contributed by atoms with Crippen molar-refractivity contribution in [2.45, 2.75) is 57.4 Å². The van der Waals surface area contributed by atoms with Crippen molar-refractivity contribution in [1.29, 1.82) is 0 Å². The molecular weight excluding hydrogens is 536 g/mol. The van der Waals surface area contributed by atoms with Crippen molar-refractivity contribution in [3.63, 3.8) is 0 Å². The largest absolute Gasteiger partial charge is 0.426 e. The van der Waals surface area contributed by atoms with Gasteiger partial charge in [-0.2, -0.15) is 17.2 Å². The van der Waals surface area contributed by atoms with Crippen molar-refractivity contribution in [1.82, 2.24) is 0 Å². The summed E-state index contributed by atoms with van der Waals surface area (Å²) in [6, 6.07) is 22.3. The van der Waals surface area contributed by atoms with E-state index >= 15 is 4.39 Å². The second kappa shape index (κ2) is 10.3. The summed E-state index contributed by atoms with van der Waals surface area (Å²) in [4.78, 5) is 0. The summed E-state index contributed by atoms with van der Waals surface area (Å²) in [7, 11) is 0. The molecule has 7 rings (SSSR count). The number of alkyl halides is 1. The third-order valence-corrected chi connectivity index (χ3v) is 8.94. The van der Waals surface area contributed by atoms with E-state index in [1.54, 1.807) is 0 Å². The van der Waals surface area contributed by atoms with Gasteiger partial charge in [0.2, 0.25) is 0 Å². The fourth-order valence-corrected chi connectivity index (χ4v) is 7.04. The number of halogens is 1. The average molecular weight is 569 g/mol. The van der Waals surface area contributed by atoms with Crippen LogP contribution < -0.4 is 9.47 Å². The summed E-state index contributed by atoms with van der Waals surface area (Å²) in [6.07, 6.45) is 11.2. The predicted octanol–water partition coefficient (Wildman–Crippen LogP) is 9.25. The Balaban J connectivity index is 0.00000252. The van der Waals surface area contributed by atoms with E-state index in [1.807, 2.05) is 48.5 Å². The first kappa shape index (κ1) is 25.3. The topological polar surface area (TPSA) is 18.5 Å². The van der Waals surface area contributed by atoms with Crippen molar-refractivity contribution in [3.8, 4) is 22.6 Å². The van der Waals surface area contributed by atoms with Gasteiger partial charge in [0, 0.05) is 43.8 Å². The summed E-state index contributed by atoms with van der Waals surface area (Å²) >= 11 is 0. The maximum Gasteiger partial charge on any atom is 0.410 e. The van der Waals surface area contributed by atoms with Gasteiger partial charge in [0.25, 0.3) is 0 Å². The maximum atomic E-state index is 17.0. The molecule has 2 saturated carbocycles. The van der Waals surface area contributed by atoms with Gasteiger partial charge in [-0.1, -0.05) is 73.5 Å². The predicted molar refractivity (Wildman–Crippen MR) is 144 cm³/mol. The molecule has 0 N–H and O–H groups in total. The molecule has 1 aliphatic heterocycles. The molecule has 0 spiro atoms. The van der Waals surface area contributed by atoms with Gasteiger partial charge in [0.15, 0.2) is 0 Å². The zero-order valence-electron chi connectivity index (χ0n) is 21.2. The summed E-state index contributed by atoms with van der Waals surface area (Å²) < 4.78 is 29.6. The van der Waals surface area contributed by atoms with Gasteiger partial charge in [-0.3, -0.25) is 0 Å². The van der Waals surface area contributed by atoms with Crippen LogP contribution in [-0.4, -0.2) is 6.04 Å². The van der Waals surface area contributed by atoms with Crippen molar-refractivity contribution >= 4 is 21.5 Å². The second-order valence-electron chi connectivity index (χ2n) is 10.9. The molecule has 187 valence electrons. The smallest absolute Gasteiger partial charge is 0.410 e. The van der Waals surface area contributed by atoms with Crippen LogP contribution in [0.15, 0.2) is 72.8 Å². The van der Waals surface area contributed by atoms with Crippen LogP contribution in [0.2, 0.25) is 0 Å². The molecule has 2 aliphatic carbocycles. The summed E-state index contributed by atoms with van der Waals surface area (Å²) in [6.45, 7) is 0. The molecule has 0 saturated heterocycles. The first-order valence-electron chi connectivity index (χ1n) is 13.6. The second-order valence-corrected chi connectivity index (χ2v) is 10.9. The van der Waals surface area contributed by atoms with Crippen LogP contribution >= 0.6 is 0 Å². The van der Waals surface area contributed by atoms with Crippen molar-refractivity contribution in [2.24, 2.45) is 17.8 Å². The van der Waals surface area contributed by atoms with Crippen LogP contribution in [0, 0.1) is 24.2 Å². The maximum absolute atomic E-state index is 17.0. The molecule has 0 unspecified atom stereocenters. The van der Waals surface area contributed by atoms with Gasteiger partial charge in [-0.05, 0) is 71.2 Å². The van der Waals surface area contributed by atoms with E-state index in [1.165, 1.54) is 25.7 Å². The minimum Gasteiger partial charge on any atom is -0.426 e. The van der Waals surface area contributed by atoms with Gasteiger partial charge in [-0.15, -0.1) is 0 Å². The number of rotatable bonds is 2. The van der Waals surface area contributed by atoms with E-state index in [0.29, 0.717) is 17.4 Å². The molecular formula is C33H32FO2Y-. The Labute approximate surface area is 243 Å². The zero-order chi connectivity index (χ0) is 24.1. The monoisotopic (exact) mass is 568 g/mol. The van der Waals surface area contributed by atoms with Gasteiger partial charge < -0.3 is 15.9 Å². The number of hydrogen-bond donors (Lipinski definition) is 0. The van der Waals surface area contributed by atoms with Crippen LogP contribution in [0.1, 0.15) is 51.4 Å². The fourth-order valence-electron chi connectivity index (χ4n) is 7.04. The molecule has 4 aromatic rings. The minimum absolute atomic E-state index is 0. The molecule has 0 bridgehead atoms. The molecule has 0 aromatic heterocycles. The summed E-state index contributed by atoms with van der Waals surface area (Å²) in [5.74, 6) is 2.34. The standard InChI is InChI=1S/C33H32FO2.Y/c34-33(26-18-14-23(15-19-26)22-8-2-1-3-9-22)35-29-20-16-24-10-4-6-12-27(24)31(29)32-28-13-7-5-11-25(28)17-21-30(32)36-33;/h1,4-7,10-13,16-17,20-23,26H,2-3,8-9,14-15,18-19H2;/q-1;. The van der Waals surface area contributed by atoms with Gasteiger partial charge >= 0.3 is 6.04 Å². The van der Waals surface area contributed by atoms with E-state index in [-0.39, 0.29) is 38.6 Å². The van der Waals surface area contributed by atoms with Gasteiger partial charge in [-0.25, -0.2) is 0 Å². The van der Waals surface area contributed by atoms with E-state index in [9.17, 15) is 0 Å². The van der Waals surface area contributed by atoms with Crippen molar-refractivity contribution in [2.75, 3.05) is 0 Å². The third-order valence-electron chi connectivity index (χ3n) is 8.94. The molecule has 4 heteroatoms. The Kier molecular flexibility index (Phi) is 7.05. The first-order valence-corrected chi connectivity index (χ1v) is 13.6. The quantitative estimate of drug-likeness (QED) is 0.225. The molecule has 0 amide bonds. The number of benzene rings is 4. The van der Waals surface area contributed by atoms with Crippen LogP contribution in [-0.2, 0) is 32.7 Å². The zero-order valence-corrected chi connectivity index (χ0v) is 24.0. The van der Waals surface area contributed by atoms with E-state index < -0.39 is 6.04 Å². The molecule has 2 fully saturated rings. The Hall–Kier alpha value is -1.97. The summed E-state index contributed by atoms with van der Waals surface area (Å²) in [5.41, 5.74) is 1.85. The average Bonchev–Trinajstić information content (AvgIpc) is 3.08. The molecule has 0 atom stereocenters. The minimum atomic E-state index is -2.18. The molecule has 1 radical (unpaired) electrons. The SMILES string of the molecule is FC1(C2CCC(C3CC[CH-]CC3)CC2)Oc2ccc3ccccc3c2-c2c(ccc3ccccc23)O1.[Y]. The first-order chi connectivity index (χ1) is 17.7. The summed E-state index contributed by atoms with van der Waals surface area (Å²) in [5, 5.41) is 4.32. The molecule has 1 heterocycles.